The van der Waals surface area contributed by atoms with Gasteiger partial charge in [0.05, 0.1) is 5.69 Å². The van der Waals surface area contributed by atoms with E-state index in [9.17, 15) is 9.18 Å². The van der Waals surface area contributed by atoms with Crippen LogP contribution < -0.4 is 5.32 Å². The average Bonchev–Trinajstić information content (AvgIpc) is 3.29. The van der Waals surface area contributed by atoms with Gasteiger partial charge in [-0.3, -0.25) is 9.89 Å². The molecule has 1 fully saturated rings. The summed E-state index contributed by atoms with van der Waals surface area (Å²) >= 11 is 0. The normalized spacial score (nSPS) is 18.7. The van der Waals surface area contributed by atoms with Gasteiger partial charge in [-0.15, -0.1) is 0 Å². The number of nitrogens with zero attached hydrogens (tertiary/aromatic N) is 1. The van der Waals surface area contributed by atoms with Crippen molar-refractivity contribution < 1.29 is 9.18 Å². The zero-order valence-corrected chi connectivity index (χ0v) is 16.7. The Labute approximate surface area is 169 Å². The molecule has 1 saturated carbocycles. The molecule has 29 heavy (non-hydrogen) atoms. The monoisotopic (exact) mass is 389 g/mol. The minimum Gasteiger partial charge on any atom is -0.326 e. The van der Waals surface area contributed by atoms with Crippen LogP contribution in [0.1, 0.15) is 47.7 Å². The Kier molecular flexibility index (Phi) is 4.09. The molecule has 1 spiro atoms. The van der Waals surface area contributed by atoms with Gasteiger partial charge in [-0.25, -0.2) is 4.39 Å². The third-order valence-electron chi connectivity index (χ3n) is 6.64. The molecule has 1 atom stereocenters. The summed E-state index contributed by atoms with van der Waals surface area (Å²) < 4.78 is 14.5. The highest BCUT2D eigenvalue weighted by Gasteiger charge is 2.55. The fourth-order valence-corrected chi connectivity index (χ4v) is 5.03. The second-order valence-corrected chi connectivity index (χ2v) is 8.54. The second kappa shape index (κ2) is 6.55. The highest BCUT2D eigenvalue weighted by atomic mass is 19.1. The molecule has 2 aromatic carbocycles. The van der Waals surface area contributed by atoms with Gasteiger partial charge in [0.2, 0.25) is 5.91 Å². The summed E-state index contributed by atoms with van der Waals surface area (Å²) in [5, 5.41) is 10.2. The van der Waals surface area contributed by atoms with Crippen LogP contribution in [0.5, 0.6) is 0 Å². The van der Waals surface area contributed by atoms with Gasteiger partial charge in [-0.05, 0) is 73.4 Å². The Morgan fingerprint density at radius 3 is 2.62 bits per heavy atom. The van der Waals surface area contributed by atoms with Crippen molar-refractivity contribution in [1.29, 1.82) is 0 Å². The van der Waals surface area contributed by atoms with Crippen molar-refractivity contribution in [2.45, 2.75) is 45.4 Å². The maximum Gasteiger partial charge on any atom is 0.225 e. The molecule has 0 saturated heterocycles. The molecule has 1 heterocycles. The zero-order chi connectivity index (χ0) is 20.2. The number of halogens is 1. The lowest BCUT2D eigenvalue weighted by Gasteiger charge is -2.19. The minimum absolute atomic E-state index is 0.0193. The van der Waals surface area contributed by atoms with Gasteiger partial charge in [0.1, 0.15) is 5.82 Å². The number of hydrogen-bond donors (Lipinski definition) is 2. The van der Waals surface area contributed by atoms with Gasteiger partial charge < -0.3 is 5.32 Å². The summed E-state index contributed by atoms with van der Waals surface area (Å²) in [6.07, 6.45) is 3.39. The zero-order valence-electron chi connectivity index (χ0n) is 16.7. The molecule has 0 bridgehead atoms. The molecule has 0 aliphatic heterocycles. The van der Waals surface area contributed by atoms with Gasteiger partial charge in [0, 0.05) is 29.3 Å². The van der Waals surface area contributed by atoms with Crippen LogP contribution in [0, 0.1) is 25.1 Å². The number of hydrogen-bond acceptors (Lipinski definition) is 2. The number of aromatic amines is 1. The molecule has 2 aliphatic carbocycles. The van der Waals surface area contributed by atoms with E-state index in [4.69, 9.17) is 0 Å². The van der Waals surface area contributed by atoms with Gasteiger partial charge in [0.25, 0.3) is 0 Å². The number of fused-ring (bicyclic) bond motifs is 1. The molecule has 2 aliphatic rings. The number of aromatic nitrogens is 2. The Morgan fingerprint density at radius 2 is 1.97 bits per heavy atom. The third-order valence-corrected chi connectivity index (χ3v) is 6.64. The minimum atomic E-state index is -0.167. The molecule has 2 N–H and O–H groups in total. The molecule has 3 aromatic rings. The standard InChI is InChI=1S/C24H24FN3O/c1-14-22(15(2)28-27-14)16-6-8-18(9-7-16)26-21(29)12-19-23-17(4-3-5-20(23)25)13-24(19)10-11-24/h3-9,19H,10-13H2,1-2H3,(H,26,29)(H,27,28). The van der Waals surface area contributed by atoms with Crippen molar-refractivity contribution in [3.05, 3.63) is 70.8 Å². The lowest BCUT2D eigenvalue weighted by molar-refractivity contribution is -0.116. The number of benzene rings is 2. The molecule has 1 unspecified atom stereocenters. The van der Waals surface area contributed by atoms with Crippen molar-refractivity contribution >= 4 is 11.6 Å². The number of carbonyl (C=O) groups is 1. The SMILES string of the molecule is Cc1n[nH]c(C)c1-c1ccc(NC(=O)CC2c3c(F)cccc3CC23CC3)cc1. The molecule has 4 nitrogen and oxygen atoms in total. The van der Waals surface area contributed by atoms with E-state index in [1.165, 1.54) is 6.07 Å². The van der Waals surface area contributed by atoms with Crippen molar-refractivity contribution in [3.8, 4) is 11.1 Å². The first kappa shape index (κ1) is 18.1. The van der Waals surface area contributed by atoms with E-state index in [1.54, 1.807) is 6.07 Å². The fraction of sp³-hybridized carbons (Fsp3) is 0.333. The first-order valence-corrected chi connectivity index (χ1v) is 10.2. The maximum absolute atomic E-state index is 14.5. The number of carbonyl (C=O) groups excluding carboxylic acids is 1. The summed E-state index contributed by atoms with van der Waals surface area (Å²) in [4.78, 5) is 12.8. The highest BCUT2D eigenvalue weighted by molar-refractivity contribution is 5.92. The van der Waals surface area contributed by atoms with Gasteiger partial charge in [-0.1, -0.05) is 24.3 Å². The second-order valence-electron chi connectivity index (χ2n) is 8.54. The number of aryl methyl sites for hydroxylation is 2. The predicted octanol–water partition coefficient (Wildman–Crippen LogP) is 5.28. The number of nitrogens with one attached hydrogen (secondary N) is 2. The van der Waals surface area contributed by atoms with Gasteiger partial charge in [0.15, 0.2) is 0 Å². The summed E-state index contributed by atoms with van der Waals surface area (Å²) in [5.41, 5.74) is 6.84. The first-order valence-electron chi connectivity index (χ1n) is 10.2. The van der Waals surface area contributed by atoms with Crippen LogP contribution in [0.4, 0.5) is 10.1 Å². The van der Waals surface area contributed by atoms with Crippen LogP contribution in [-0.2, 0) is 11.2 Å². The summed E-state index contributed by atoms with van der Waals surface area (Å²) in [6.45, 7) is 3.97. The topological polar surface area (TPSA) is 57.8 Å². The molecule has 0 radical (unpaired) electrons. The number of anilines is 1. The van der Waals surface area contributed by atoms with E-state index in [0.717, 1.165) is 58.6 Å². The van der Waals surface area contributed by atoms with Crippen LogP contribution in [0.3, 0.4) is 0 Å². The Morgan fingerprint density at radius 1 is 1.21 bits per heavy atom. The number of amides is 1. The largest absolute Gasteiger partial charge is 0.326 e. The summed E-state index contributed by atoms with van der Waals surface area (Å²) in [7, 11) is 0. The lowest BCUT2D eigenvalue weighted by Crippen LogP contribution is -2.19. The van der Waals surface area contributed by atoms with E-state index >= 15 is 0 Å². The molecule has 5 heteroatoms. The fourth-order valence-electron chi connectivity index (χ4n) is 5.03. The molecular weight excluding hydrogens is 365 g/mol. The molecule has 5 rings (SSSR count). The van der Waals surface area contributed by atoms with Crippen LogP contribution >= 0.6 is 0 Å². The van der Waals surface area contributed by atoms with Gasteiger partial charge >= 0.3 is 0 Å². The van der Waals surface area contributed by atoms with Gasteiger partial charge in [-0.2, -0.15) is 5.10 Å². The number of H-pyrrole nitrogens is 1. The molecule has 1 aromatic heterocycles. The van der Waals surface area contributed by atoms with Crippen molar-refractivity contribution in [2.24, 2.45) is 5.41 Å². The Bertz CT molecular complexity index is 1080. The molecule has 1 amide bonds. The van der Waals surface area contributed by atoms with E-state index < -0.39 is 0 Å². The van der Waals surface area contributed by atoms with E-state index in [1.807, 2.05) is 44.2 Å². The van der Waals surface area contributed by atoms with Crippen LogP contribution in [0.2, 0.25) is 0 Å². The summed E-state index contributed by atoms with van der Waals surface area (Å²) in [6, 6.07) is 13.1. The van der Waals surface area contributed by atoms with Crippen molar-refractivity contribution in [3.63, 3.8) is 0 Å². The maximum atomic E-state index is 14.5. The van der Waals surface area contributed by atoms with Crippen molar-refractivity contribution in [1.82, 2.24) is 10.2 Å². The first-order chi connectivity index (χ1) is 14.0. The van der Waals surface area contributed by atoms with Crippen LogP contribution in [-0.4, -0.2) is 16.1 Å². The van der Waals surface area contributed by atoms with E-state index in [2.05, 4.69) is 15.5 Å². The number of rotatable bonds is 4. The van der Waals surface area contributed by atoms with E-state index in [-0.39, 0.29) is 23.1 Å². The Hall–Kier alpha value is -2.95. The van der Waals surface area contributed by atoms with E-state index in [0.29, 0.717) is 6.42 Å². The Balaban J connectivity index is 1.32. The van der Waals surface area contributed by atoms with Crippen LogP contribution in [0.25, 0.3) is 11.1 Å². The average molecular weight is 389 g/mol. The lowest BCUT2D eigenvalue weighted by atomic mass is 9.86. The highest BCUT2D eigenvalue weighted by Crippen LogP contribution is 2.64. The smallest absolute Gasteiger partial charge is 0.225 e. The molecule has 148 valence electrons. The van der Waals surface area contributed by atoms with Crippen LogP contribution in [0.15, 0.2) is 42.5 Å². The summed E-state index contributed by atoms with van der Waals surface area (Å²) in [5.74, 6) is -0.241. The quantitative estimate of drug-likeness (QED) is 0.638. The predicted molar refractivity (Wildman–Crippen MR) is 111 cm³/mol. The molecular formula is C24H24FN3O. The van der Waals surface area contributed by atoms with Crippen molar-refractivity contribution in [2.75, 3.05) is 5.32 Å². The third kappa shape index (κ3) is 3.05.